The largest absolute Gasteiger partial charge is 0.450 e. The van der Waals surface area contributed by atoms with E-state index in [1.165, 1.54) is 0 Å². The van der Waals surface area contributed by atoms with Gasteiger partial charge in [0, 0.05) is 26.1 Å². The second-order valence-electron chi connectivity index (χ2n) is 5.78. The lowest BCUT2D eigenvalue weighted by molar-refractivity contribution is 0.0236. The summed E-state index contributed by atoms with van der Waals surface area (Å²) in [5, 5.41) is 2.95. The number of pyridine rings is 1. The third-order valence-electron chi connectivity index (χ3n) is 4.05. The van der Waals surface area contributed by atoms with Crippen molar-refractivity contribution in [2.45, 2.75) is 38.1 Å². The van der Waals surface area contributed by atoms with Crippen molar-refractivity contribution >= 4 is 33.3 Å². The maximum atomic E-state index is 12.2. The van der Waals surface area contributed by atoms with Gasteiger partial charge in [-0.3, -0.25) is 0 Å². The first-order valence-electron chi connectivity index (χ1n) is 8.09. The molecule has 1 aliphatic rings. The van der Waals surface area contributed by atoms with E-state index in [9.17, 15) is 4.79 Å². The number of amides is 1. The highest BCUT2D eigenvalue weighted by molar-refractivity contribution is 9.10. The predicted octanol–water partition coefficient (Wildman–Crippen LogP) is 3.52. The van der Waals surface area contributed by atoms with E-state index in [0.717, 1.165) is 12.8 Å². The summed E-state index contributed by atoms with van der Waals surface area (Å²) in [5.41, 5.74) is 0.362. The number of halogens is 1. The van der Waals surface area contributed by atoms with Crippen LogP contribution in [0, 0.1) is 0 Å². The van der Waals surface area contributed by atoms with Gasteiger partial charge in [-0.15, -0.1) is 0 Å². The summed E-state index contributed by atoms with van der Waals surface area (Å²) >= 11 is 3.32. The van der Waals surface area contributed by atoms with Gasteiger partial charge < -0.3 is 19.2 Å². The lowest BCUT2D eigenvalue weighted by atomic mass is 9.90. The van der Waals surface area contributed by atoms with Crippen LogP contribution in [-0.2, 0) is 15.0 Å². The first-order valence-corrected chi connectivity index (χ1v) is 8.88. The zero-order valence-electron chi connectivity index (χ0n) is 13.5. The Bertz CT molecular complexity index is 712. The average Bonchev–Trinajstić information content (AvgIpc) is 3.00. The highest BCUT2D eigenvalue weighted by Gasteiger charge is 2.41. The van der Waals surface area contributed by atoms with E-state index in [2.05, 4.69) is 31.2 Å². The SMILES string of the molecule is CCCCOC(=O)NC1(c2nc3nc(Br)ccc3o2)CCOCC1. The van der Waals surface area contributed by atoms with Crippen molar-refractivity contribution in [3.8, 4) is 0 Å². The van der Waals surface area contributed by atoms with Gasteiger partial charge in [0.05, 0.1) is 6.61 Å². The molecular formula is C16H20BrN3O4. The van der Waals surface area contributed by atoms with E-state index in [1.54, 1.807) is 12.1 Å². The number of ether oxygens (including phenoxy) is 2. The van der Waals surface area contributed by atoms with Gasteiger partial charge in [0.2, 0.25) is 5.89 Å². The second kappa shape index (κ2) is 7.48. The quantitative estimate of drug-likeness (QED) is 0.613. The summed E-state index contributed by atoms with van der Waals surface area (Å²) in [6.07, 6.45) is 2.50. The molecule has 7 nitrogen and oxygen atoms in total. The Balaban J connectivity index is 1.85. The fourth-order valence-corrected chi connectivity index (χ4v) is 2.95. The van der Waals surface area contributed by atoms with Crippen LogP contribution >= 0.6 is 15.9 Å². The highest BCUT2D eigenvalue weighted by Crippen LogP contribution is 2.33. The highest BCUT2D eigenvalue weighted by atomic mass is 79.9. The molecule has 0 aliphatic carbocycles. The van der Waals surface area contributed by atoms with Gasteiger partial charge >= 0.3 is 6.09 Å². The molecule has 2 aromatic rings. The first-order chi connectivity index (χ1) is 11.6. The van der Waals surface area contributed by atoms with Crippen LogP contribution in [0.1, 0.15) is 38.5 Å². The molecule has 130 valence electrons. The number of oxazole rings is 1. The monoisotopic (exact) mass is 397 g/mol. The topological polar surface area (TPSA) is 86.5 Å². The number of rotatable bonds is 5. The van der Waals surface area contributed by atoms with E-state index in [-0.39, 0.29) is 0 Å². The Morgan fingerprint density at radius 2 is 2.17 bits per heavy atom. The third-order valence-corrected chi connectivity index (χ3v) is 4.49. The first kappa shape index (κ1) is 17.2. The number of carbonyl (C=O) groups is 1. The third kappa shape index (κ3) is 3.70. The molecule has 0 spiro atoms. The minimum absolute atomic E-state index is 0.400. The zero-order chi connectivity index (χ0) is 17.0. The molecule has 3 rings (SSSR count). The Hall–Kier alpha value is -1.67. The number of hydrogen-bond donors (Lipinski definition) is 1. The molecule has 24 heavy (non-hydrogen) atoms. The van der Waals surface area contributed by atoms with Crippen LogP contribution in [0.3, 0.4) is 0 Å². The fraction of sp³-hybridized carbons (Fsp3) is 0.562. The normalized spacial score (nSPS) is 16.9. The molecule has 0 saturated carbocycles. The van der Waals surface area contributed by atoms with Crippen molar-refractivity contribution in [2.24, 2.45) is 0 Å². The minimum Gasteiger partial charge on any atom is -0.450 e. The summed E-state index contributed by atoms with van der Waals surface area (Å²) in [6.45, 7) is 3.48. The second-order valence-corrected chi connectivity index (χ2v) is 6.60. The van der Waals surface area contributed by atoms with Crippen LogP contribution < -0.4 is 5.32 Å². The van der Waals surface area contributed by atoms with Crippen LogP contribution in [0.15, 0.2) is 21.2 Å². The lowest BCUT2D eigenvalue weighted by Crippen LogP contribution is -2.50. The summed E-state index contributed by atoms with van der Waals surface area (Å²) in [6, 6.07) is 3.59. The standard InChI is InChI=1S/C16H20BrN3O4/c1-2-3-8-23-15(21)20-16(6-9-22-10-7-16)14-19-13-11(24-14)4-5-12(17)18-13/h4-5H,2-3,6-10H2,1H3,(H,20,21). The molecule has 8 heteroatoms. The molecule has 2 aromatic heterocycles. The number of nitrogens with zero attached hydrogens (tertiary/aromatic N) is 2. The Morgan fingerprint density at radius 1 is 1.38 bits per heavy atom. The van der Waals surface area contributed by atoms with Gasteiger partial charge in [-0.2, -0.15) is 4.98 Å². The molecule has 1 amide bonds. The van der Waals surface area contributed by atoms with Gasteiger partial charge in [-0.1, -0.05) is 13.3 Å². The Morgan fingerprint density at radius 3 is 2.92 bits per heavy atom. The molecule has 0 aromatic carbocycles. The van der Waals surface area contributed by atoms with E-state index in [4.69, 9.17) is 13.9 Å². The summed E-state index contributed by atoms with van der Waals surface area (Å²) in [7, 11) is 0. The van der Waals surface area contributed by atoms with Gasteiger partial charge in [-0.05, 0) is 34.5 Å². The van der Waals surface area contributed by atoms with E-state index in [1.807, 2.05) is 6.92 Å². The minimum atomic E-state index is -0.727. The maximum absolute atomic E-state index is 12.2. The van der Waals surface area contributed by atoms with Gasteiger partial charge in [0.15, 0.2) is 11.2 Å². The number of fused-ring (bicyclic) bond motifs is 1. The number of unbranched alkanes of at least 4 members (excludes halogenated alkanes) is 1. The molecule has 1 aliphatic heterocycles. The fourth-order valence-electron chi connectivity index (χ4n) is 2.65. The van der Waals surface area contributed by atoms with Crippen LogP contribution in [-0.4, -0.2) is 35.9 Å². The van der Waals surface area contributed by atoms with E-state index in [0.29, 0.717) is 54.4 Å². The molecule has 0 radical (unpaired) electrons. The zero-order valence-corrected chi connectivity index (χ0v) is 15.1. The number of aromatic nitrogens is 2. The Labute approximate surface area is 148 Å². The molecule has 1 N–H and O–H groups in total. The van der Waals surface area contributed by atoms with Gasteiger partial charge in [-0.25, -0.2) is 9.78 Å². The van der Waals surface area contributed by atoms with Crippen LogP contribution in [0.4, 0.5) is 4.79 Å². The molecule has 0 unspecified atom stereocenters. The molecule has 0 atom stereocenters. The van der Waals surface area contributed by atoms with Crippen molar-refractivity contribution in [3.05, 3.63) is 22.6 Å². The summed E-state index contributed by atoms with van der Waals surface area (Å²) in [4.78, 5) is 21.0. The van der Waals surface area contributed by atoms with Crippen LogP contribution in [0.25, 0.3) is 11.2 Å². The van der Waals surface area contributed by atoms with Gasteiger partial charge in [0.1, 0.15) is 10.1 Å². The smallest absolute Gasteiger partial charge is 0.408 e. The van der Waals surface area contributed by atoms with Crippen molar-refractivity contribution in [3.63, 3.8) is 0 Å². The molecule has 1 fully saturated rings. The van der Waals surface area contributed by atoms with Crippen molar-refractivity contribution in [1.82, 2.24) is 15.3 Å². The summed E-state index contributed by atoms with van der Waals surface area (Å²) < 4.78 is 17.2. The van der Waals surface area contributed by atoms with Crippen molar-refractivity contribution in [1.29, 1.82) is 0 Å². The van der Waals surface area contributed by atoms with Crippen molar-refractivity contribution < 1.29 is 18.7 Å². The van der Waals surface area contributed by atoms with E-state index >= 15 is 0 Å². The number of hydrogen-bond acceptors (Lipinski definition) is 6. The molecular weight excluding hydrogens is 378 g/mol. The molecule has 3 heterocycles. The molecule has 0 bridgehead atoms. The predicted molar refractivity (Wildman–Crippen MR) is 90.6 cm³/mol. The van der Waals surface area contributed by atoms with Crippen molar-refractivity contribution in [2.75, 3.05) is 19.8 Å². The number of nitrogens with one attached hydrogen (secondary N) is 1. The average molecular weight is 398 g/mol. The number of alkyl carbamates (subject to hydrolysis) is 1. The van der Waals surface area contributed by atoms with E-state index < -0.39 is 11.6 Å². The number of carbonyl (C=O) groups excluding carboxylic acids is 1. The van der Waals surface area contributed by atoms with Crippen LogP contribution in [0.2, 0.25) is 0 Å². The lowest BCUT2D eigenvalue weighted by Gasteiger charge is -2.34. The Kier molecular flexibility index (Phi) is 5.35. The van der Waals surface area contributed by atoms with Gasteiger partial charge in [0.25, 0.3) is 0 Å². The summed E-state index contributed by atoms with van der Waals surface area (Å²) in [5.74, 6) is 0.443. The van der Waals surface area contributed by atoms with Crippen LogP contribution in [0.5, 0.6) is 0 Å². The maximum Gasteiger partial charge on any atom is 0.408 e. The molecule has 1 saturated heterocycles.